The molecule has 6 heteroatoms. The third kappa shape index (κ3) is 1.77. The van der Waals surface area contributed by atoms with Gasteiger partial charge in [0, 0.05) is 0 Å². The Balaban J connectivity index is 3.09. The molecule has 1 heterocycles. The number of thiophene rings is 1. The van der Waals surface area contributed by atoms with Gasteiger partial charge in [-0.05, 0) is 34.5 Å². The van der Waals surface area contributed by atoms with Crippen LogP contribution in [0.25, 0.3) is 0 Å². The summed E-state index contributed by atoms with van der Waals surface area (Å²) in [4.78, 5) is 0.951. The fraction of sp³-hybridized carbons (Fsp3) is 0.167. The number of halogens is 1. The van der Waals surface area contributed by atoms with Gasteiger partial charge in [-0.25, -0.2) is 5.84 Å². The second kappa shape index (κ2) is 3.88. The third-order valence-corrected chi connectivity index (χ3v) is 3.12. The van der Waals surface area contributed by atoms with E-state index in [2.05, 4.69) is 26.5 Å². The van der Waals surface area contributed by atoms with Crippen molar-refractivity contribution in [2.75, 3.05) is 0 Å². The molecule has 0 spiro atoms. The zero-order valence-electron chi connectivity index (χ0n) is 6.47. The fourth-order valence-corrected chi connectivity index (χ4v) is 2.53. The average Bonchev–Trinajstić information content (AvgIpc) is 2.34. The highest BCUT2D eigenvalue weighted by atomic mass is 79.9. The maximum atomic E-state index is 5.22. The third-order valence-electron chi connectivity index (χ3n) is 1.37. The first-order valence-electron chi connectivity index (χ1n) is 3.20. The minimum Gasteiger partial charge on any atom is -0.321 e. The normalized spacial score (nSPS) is 11.8. The van der Waals surface area contributed by atoms with E-state index >= 15 is 0 Å². The summed E-state index contributed by atoms with van der Waals surface area (Å²) in [6, 6.07) is 1.99. The lowest BCUT2D eigenvalue weighted by Gasteiger charge is -2.00. The number of aryl methyl sites for hydroxylation is 1. The van der Waals surface area contributed by atoms with Crippen molar-refractivity contribution in [2.24, 2.45) is 16.8 Å². The van der Waals surface area contributed by atoms with E-state index < -0.39 is 0 Å². The second-order valence-corrected chi connectivity index (χ2v) is 4.62. The van der Waals surface area contributed by atoms with E-state index in [-0.39, 0.29) is 0 Å². The summed E-state index contributed by atoms with van der Waals surface area (Å²) in [6.45, 7) is 1.97. The van der Waals surface area contributed by atoms with Crippen LogP contribution in [-0.2, 0) is 0 Å². The Bertz CT molecular complexity index is 306. The standard InChI is InChI=1S/C6H9BrN4S/c1-3-2-4(7)12-5(3)6(10-8)11-9/h2H,8-9H2,1H3,(H,10,11). The number of hydrogen-bond donors (Lipinski definition) is 3. The molecule has 1 aromatic rings. The second-order valence-electron chi connectivity index (χ2n) is 2.18. The molecule has 5 N–H and O–H groups in total. The molecule has 0 aliphatic rings. The quantitative estimate of drug-likeness (QED) is 0.299. The van der Waals surface area contributed by atoms with Crippen molar-refractivity contribution in [2.45, 2.75) is 6.92 Å². The van der Waals surface area contributed by atoms with Gasteiger partial charge in [-0.15, -0.1) is 11.3 Å². The summed E-state index contributed by atoms with van der Waals surface area (Å²) in [6.07, 6.45) is 0. The van der Waals surface area contributed by atoms with Crippen molar-refractivity contribution in [1.29, 1.82) is 0 Å². The molecule has 0 unspecified atom stereocenters. The Morgan fingerprint density at radius 2 is 2.42 bits per heavy atom. The largest absolute Gasteiger partial charge is 0.321 e. The number of hydrogen-bond acceptors (Lipinski definition) is 4. The van der Waals surface area contributed by atoms with Gasteiger partial charge in [0.25, 0.3) is 0 Å². The Morgan fingerprint density at radius 3 is 2.75 bits per heavy atom. The van der Waals surface area contributed by atoms with Crippen LogP contribution >= 0.6 is 27.3 Å². The molecular weight excluding hydrogens is 240 g/mol. The van der Waals surface area contributed by atoms with Crippen LogP contribution in [0.2, 0.25) is 0 Å². The van der Waals surface area contributed by atoms with Crippen LogP contribution < -0.4 is 17.1 Å². The minimum absolute atomic E-state index is 0.503. The van der Waals surface area contributed by atoms with E-state index in [0.29, 0.717) is 5.84 Å². The van der Waals surface area contributed by atoms with Gasteiger partial charge in [0.2, 0.25) is 0 Å². The lowest BCUT2D eigenvalue weighted by Crippen LogP contribution is -2.31. The van der Waals surface area contributed by atoms with Crippen molar-refractivity contribution in [3.63, 3.8) is 0 Å². The number of nitrogens with zero attached hydrogens (tertiary/aromatic N) is 1. The summed E-state index contributed by atoms with van der Waals surface area (Å²) < 4.78 is 1.03. The van der Waals surface area contributed by atoms with Gasteiger partial charge in [0.05, 0.1) is 8.66 Å². The van der Waals surface area contributed by atoms with E-state index in [9.17, 15) is 0 Å². The lowest BCUT2D eigenvalue weighted by atomic mass is 10.3. The van der Waals surface area contributed by atoms with Crippen molar-refractivity contribution in [1.82, 2.24) is 5.43 Å². The molecular formula is C6H9BrN4S. The first-order valence-corrected chi connectivity index (χ1v) is 4.80. The summed E-state index contributed by atoms with van der Waals surface area (Å²) in [7, 11) is 0. The van der Waals surface area contributed by atoms with Crippen LogP contribution in [0.4, 0.5) is 0 Å². The van der Waals surface area contributed by atoms with Crippen molar-refractivity contribution >= 4 is 33.1 Å². The van der Waals surface area contributed by atoms with E-state index in [1.807, 2.05) is 13.0 Å². The molecule has 66 valence electrons. The van der Waals surface area contributed by atoms with Crippen LogP contribution in [0, 0.1) is 6.92 Å². The number of rotatable bonds is 1. The van der Waals surface area contributed by atoms with Crippen LogP contribution in [0.1, 0.15) is 10.4 Å². The van der Waals surface area contributed by atoms with Crippen molar-refractivity contribution < 1.29 is 0 Å². The summed E-state index contributed by atoms with van der Waals surface area (Å²) >= 11 is 4.90. The van der Waals surface area contributed by atoms with Crippen molar-refractivity contribution in [3.05, 3.63) is 20.3 Å². The number of nitrogens with two attached hydrogens (primary N) is 2. The molecule has 0 bridgehead atoms. The molecule has 12 heavy (non-hydrogen) atoms. The van der Waals surface area contributed by atoms with Gasteiger partial charge >= 0.3 is 0 Å². The highest BCUT2D eigenvalue weighted by Gasteiger charge is 2.08. The molecule has 0 radical (unpaired) electrons. The van der Waals surface area contributed by atoms with Gasteiger partial charge in [-0.1, -0.05) is 0 Å². The molecule has 0 saturated heterocycles. The topological polar surface area (TPSA) is 76.4 Å². The average molecular weight is 249 g/mol. The molecule has 0 aliphatic heterocycles. The highest BCUT2D eigenvalue weighted by Crippen LogP contribution is 2.26. The van der Waals surface area contributed by atoms with E-state index in [0.717, 1.165) is 14.2 Å². The van der Waals surface area contributed by atoms with Gasteiger partial charge < -0.3 is 11.3 Å². The van der Waals surface area contributed by atoms with Crippen LogP contribution in [-0.4, -0.2) is 5.84 Å². The molecule has 0 saturated carbocycles. The molecule has 0 aromatic carbocycles. The highest BCUT2D eigenvalue weighted by molar-refractivity contribution is 9.11. The summed E-state index contributed by atoms with van der Waals surface area (Å²) in [5, 5.41) is 3.52. The maximum absolute atomic E-state index is 5.22. The smallest absolute Gasteiger partial charge is 0.177 e. The fourth-order valence-electron chi connectivity index (χ4n) is 0.840. The summed E-state index contributed by atoms with van der Waals surface area (Å²) in [5.74, 6) is 10.9. The Morgan fingerprint density at radius 1 is 1.75 bits per heavy atom. The van der Waals surface area contributed by atoms with Gasteiger partial charge in [0.15, 0.2) is 5.84 Å². The van der Waals surface area contributed by atoms with E-state index in [1.54, 1.807) is 0 Å². The first kappa shape index (κ1) is 9.50. The zero-order chi connectivity index (χ0) is 9.14. The molecule has 1 aromatic heterocycles. The number of amidine groups is 1. The van der Waals surface area contributed by atoms with Gasteiger partial charge in [-0.2, -0.15) is 5.10 Å². The summed E-state index contributed by atoms with van der Waals surface area (Å²) in [5.41, 5.74) is 3.53. The Kier molecular flexibility index (Phi) is 3.07. The predicted molar refractivity (Wildman–Crippen MR) is 54.8 cm³/mol. The number of nitrogens with one attached hydrogen (secondary N) is 1. The van der Waals surface area contributed by atoms with E-state index in [4.69, 9.17) is 11.7 Å². The Hall–Kier alpha value is -0.590. The maximum Gasteiger partial charge on any atom is 0.177 e. The van der Waals surface area contributed by atoms with Crippen LogP contribution in [0.5, 0.6) is 0 Å². The van der Waals surface area contributed by atoms with E-state index in [1.165, 1.54) is 11.3 Å². The molecule has 4 nitrogen and oxygen atoms in total. The molecule has 0 atom stereocenters. The van der Waals surface area contributed by atoms with Gasteiger partial charge in [-0.3, -0.25) is 0 Å². The predicted octanol–water partition coefficient (Wildman–Crippen LogP) is 0.903. The zero-order valence-corrected chi connectivity index (χ0v) is 8.87. The molecule has 1 rings (SSSR count). The first-order chi connectivity index (χ1) is 5.69. The Labute approximate surface area is 82.7 Å². The minimum atomic E-state index is 0.503. The van der Waals surface area contributed by atoms with Crippen molar-refractivity contribution in [3.8, 4) is 0 Å². The lowest BCUT2D eigenvalue weighted by molar-refractivity contribution is 1.01. The molecule has 0 amide bonds. The number of hydrazine groups is 1. The monoisotopic (exact) mass is 248 g/mol. The van der Waals surface area contributed by atoms with Crippen LogP contribution in [0.3, 0.4) is 0 Å². The number of hydrazone groups is 1. The van der Waals surface area contributed by atoms with Crippen LogP contribution in [0.15, 0.2) is 15.0 Å². The SMILES string of the molecule is Cc1cc(Br)sc1/C(=N/N)NN. The molecule has 0 aliphatic carbocycles. The van der Waals surface area contributed by atoms with Gasteiger partial charge in [0.1, 0.15) is 0 Å². The molecule has 0 fully saturated rings.